The van der Waals surface area contributed by atoms with Crippen LogP contribution in [0.15, 0.2) is 54.9 Å². The highest BCUT2D eigenvalue weighted by Gasteiger charge is 2.52. The molecule has 4 atom stereocenters. The van der Waals surface area contributed by atoms with Crippen LogP contribution in [-0.2, 0) is 27.8 Å². The lowest BCUT2D eigenvalue weighted by Gasteiger charge is -2.43. The van der Waals surface area contributed by atoms with Crippen molar-refractivity contribution in [2.75, 3.05) is 11.9 Å². The summed E-state index contributed by atoms with van der Waals surface area (Å²) in [5.74, 6) is -1.77. The summed E-state index contributed by atoms with van der Waals surface area (Å²) in [7, 11) is 0. The molecule has 2 N–H and O–H groups in total. The summed E-state index contributed by atoms with van der Waals surface area (Å²) in [5.41, 5.74) is 2.05. The Morgan fingerprint density at radius 3 is 2.64 bits per heavy atom. The molecule has 42 heavy (non-hydrogen) atoms. The van der Waals surface area contributed by atoms with E-state index in [-0.39, 0.29) is 30.7 Å². The molecule has 0 saturated carbocycles. The van der Waals surface area contributed by atoms with Crippen molar-refractivity contribution in [3.63, 3.8) is 0 Å². The predicted octanol–water partition coefficient (Wildman–Crippen LogP) is 3.40. The van der Waals surface area contributed by atoms with E-state index in [1.807, 2.05) is 6.07 Å². The molecule has 0 bridgehead atoms. The van der Waals surface area contributed by atoms with Gasteiger partial charge in [0.05, 0.1) is 16.5 Å². The molecule has 6 rings (SSSR count). The number of hydrogen-bond acceptors (Lipinski definition) is 6. The Morgan fingerprint density at radius 2 is 1.93 bits per heavy atom. The fourth-order valence-corrected chi connectivity index (χ4v) is 6.40. The number of pyridine rings is 2. The van der Waals surface area contributed by atoms with Crippen LogP contribution >= 0.6 is 0 Å². The van der Waals surface area contributed by atoms with Crippen LogP contribution in [0, 0.1) is 11.3 Å². The smallest absolute Gasteiger partial charge is 0.340 e. The summed E-state index contributed by atoms with van der Waals surface area (Å²) in [4.78, 5) is 49.1. The van der Waals surface area contributed by atoms with Gasteiger partial charge in [-0.3, -0.25) is 19.4 Å². The van der Waals surface area contributed by atoms with Gasteiger partial charge in [-0.2, -0.15) is 18.4 Å². The molecule has 1 fully saturated rings. The molecule has 3 amide bonds. The van der Waals surface area contributed by atoms with Crippen molar-refractivity contribution in [3.05, 3.63) is 88.4 Å². The molecule has 2 aliphatic heterocycles. The van der Waals surface area contributed by atoms with Crippen LogP contribution < -0.4 is 10.6 Å². The summed E-state index contributed by atoms with van der Waals surface area (Å²) in [5, 5.41) is 14.7. The molecular formula is C30H25F3N6O3. The minimum atomic E-state index is -4.61. The topological polar surface area (TPSA) is 128 Å². The van der Waals surface area contributed by atoms with Gasteiger partial charge in [0, 0.05) is 42.0 Å². The van der Waals surface area contributed by atoms with Gasteiger partial charge in [0.15, 0.2) is 0 Å². The number of hydrogen-bond donors (Lipinski definition) is 2. The number of anilines is 1. The molecule has 9 nitrogen and oxygen atoms in total. The Hall–Kier alpha value is -4.79. The van der Waals surface area contributed by atoms with E-state index in [0.717, 1.165) is 10.5 Å². The lowest BCUT2D eigenvalue weighted by atomic mass is 9.79. The van der Waals surface area contributed by atoms with Gasteiger partial charge >= 0.3 is 6.18 Å². The zero-order valence-electron chi connectivity index (χ0n) is 22.4. The van der Waals surface area contributed by atoms with Crippen LogP contribution in [0.25, 0.3) is 0 Å². The zero-order chi connectivity index (χ0) is 29.8. The van der Waals surface area contributed by atoms with Gasteiger partial charge in [0.1, 0.15) is 24.5 Å². The van der Waals surface area contributed by atoms with Crippen molar-refractivity contribution in [1.82, 2.24) is 20.2 Å². The number of carbonyl (C=O) groups excluding carboxylic acids is 3. The maximum absolute atomic E-state index is 13.4. The number of nitrogens with zero attached hydrogens (tertiary/aromatic N) is 4. The highest BCUT2D eigenvalue weighted by atomic mass is 19.4. The third-order valence-corrected chi connectivity index (χ3v) is 8.51. The maximum Gasteiger partial charge on any atom is 0.406 e. The molecular weight excluding hydrogens is 549 g/mol. The average Bonchev–Trinajstić information content (AvgIpc) is 3.48. The largest absolute Gasteiger partial charge is 0.406 e. The van der Waals surface area contributed by atoms with Crippen molar-refractivity contribution in [1.29, 1.82) is 5.26 Å². The number of amides is 3. The normalized spacial score (nSPS) is 24.6. The van der Waals surface area contributed by atoms with Gasteiger partial charge in [0.2, 0.25) is 11.8 Å². The summed E-state index contributed by atoms with van der Waals surface area (Å²) < 4.78 is 40.3. The Bertz CT molecular complexity index is 1650. The maximum atomic E-state index is 13.4. The Labute approximate surface area is 238 Å². The number of benzene rings is 1. The second kappa shape index (κ2) is 9.94. The molecule has 0 radical (unpaired) electrons. The Kier molecular flexibility index (Phi) is 6.48. The lowest BCUT2D eigenvalue weighted by molar-refractivity contribution is -0.170. The van der Waals surface area contributed by atoms with Crippen LogP contribution in [0.2, 0.25) is 0 Å². The average molecular weight is 575 g/mol. The van der Waals surface area contributed by atoms with Crippen LogP contribution in [0.1, 0.15) is 57.6 Å². The van der Waals surface area contributed by atoms with E-state index in [0.29, 0.717) is 28.2 Å². The van der Waals surface area contributed by atoms with Crippen LogP contribution in [0.3, 0.4) is 0 Å². The molecule has 3 aromatic rings. The Morgan fingerprint density at radius 1 is 1.17 bits per heavy atom. The van der Waals surface area contributed by atoms with Crippen LogP contribution in [0.5, 0.6) is 0 Å². The molecule has 4 heterocycles. The monoisotopic (exact) mass is 574 g/mol. The van der Waals surface area contributed by atoms with Crippen molar-refractivity contribution < 1.29 is 27.6 Å². The number of nitriles is 1. The first-order valence-electron chi connectivity index (χ1n) is 13.4. The number of rotatable bonds is 4. The van der Waals surface area contributed by atoms with Crippen molar-refractivity contribution >= 4 is 23.5 Å². The number of fused-ring (bicyclic) bond motifs is 3. The summed E-state index contributed by atoms with van der Waals surface area (Å²) in [6, 6.07) is 12.3. The van der Waals surface area contributed by atoms with E-state index in [1.54, 1.807) is 49.4 Å². The number of aromatic nitrogens is 2. The lowest BCUT2D eigenvalue weighted by Crippen LogP contribution is -2.59. The first kappa shape index (κ1) is 27.4. The number of alkyl halides is 3. The van der Waals surface area contributed by atoms with Gasteiger partial charge in [-0.05, 0) is 43.0 Å². The highest BCUT2D eigenvalue weighted by molar-refractivity contribution is 6.06. The molecule has 12 heteroatoms. The number of halogens is 3. The van der Waals surface area contributed by atoms with E-state index in [9.17, 15) is 32.8 Å². The molecule has 1 saturated heterocycles. The quantitative estimate of drug-likeness (QED) is 0.492. The van der Waals surface area contributed by atoms with Gasteiger partial charge in [-0.25, -0.2) is 4.98 Å². The minimum Gasteiger partial charge on any atom is -0.340 e. The van der Waals surface area contributed by atoms with Gasteiger partial charge in [-0.1, -0.05) is 30.3 Å². The molecule has 1 aliphatic carbocycles. The van der Waals surface area contributed by atoms with E-state index < -0.39 is 48.0 Å². The third-order valence-electron chi connectivity index (χ3n) is 8.51. The molecule has 2 aromatic heterocycles. The molecule has 1 aromatic carbocycles. The number of carbonyl (C=O) groups is 3. The molecule has 214 valence electrons. The standard InChI is InChI=1S/C30H25F3N6O3/c1-16-21(18-5-3-2-4-6-18)9-23(27(41)39(16)15-30(31,32)33)37-26(40)20-8-19-10-29(11-24(19)35-14-20)22-7-17(12-34)13-36-25(22)38-28(29)42/h2-8,13-14,16,21,23H,9-11,15H2,1H3,(H,37,40)(H,36,38,42)/t16-,21-,23+,29+/m1/s1. The number of likely N-dealkylation sites (tertiary alicyclic amines) is 1. The van der Waals surface area contributed by atoms with Crippen LogP contribution in [-0.4, -0.2) is 57.4 Å². The first-order valence-corrected chi connectivity index (χ1v) is 13.4. The molecule has 1 spiro atoms. The SMILES string of the molecule is C[C@@H]1[C@H](c2ccccc2)C[C@H](NC(=O)c2cnc3c(c2)C[C@@]2(C3)C(=O)Nc3ncc(C#N)cc32)C(=O)N1CC(F)(F)F. The predicted molar refractivity (Wildman–Crippen MR) is 143 cm³/mol. The van der Waals surface area contributed by atoms with Crippen molar-refractivity contribution in [2.45, 2.75) is 55.8 Å². The summed E-state index contributed by atoms with van der Waals surface area (Å²) >= 11 is 0. The summed E-state index contributed by atoms with van der Waals surface area (Å²) in [6.45, 7) is 0.170. The number of piperidine rings is 1. The summed E-state index contributed by atoms with van der Waals surface area (Å²) in [6.07, 6.45) is -1.28. The van der Waals surface area contributed by atoms with E-state index in [2.05, 4.69) is 20.6 Å². The second-order valence-electron chi connectivity index (χ2n) is 11.1. The fraction of sp³-hybridized carbons (Fsp3) is 0.333. The molecule has 3 aliphatic rings. The van der Waals surface area contributed by atoms with Crippen LogP contribution in [0.4, 0.5) is 19.0 Å². The van der Waals surface area contributed by atoms with Gasteiger partial charge < -0.3 is 15.5 Å². The minimum absolute atomic E-state index is 0.124. The zero-order valence-corrected chi connectivity index (χ0v) is 22.4. The van der Waals surface area contributed by atoms with Crippen molar-refractivity contribution in [3.8, 4) is 6.07 Å². The highest BCUT2D eigenvalue weighted by Crippen LogP contribution is 2.46. The Balaban J connectivity index is 1.25. The second-order valence-corrected chi connectivity index (χ2v) is 11.1. The van der Waals surface area contributed by atoms with Gasteiger partial charge in [-0.15, -0.1) is 0 Å². The first-order chi connectivity index (χ1) is 20.0. The van der Waals surface area contributed by atoms with E-state index in [1.165, 1.54) is 12.4 Å². The van der Waals surface area contributed by atoms with E-state index >= 15 is 0 Å². The third kappa shape index (κ3) is 4.64. The number of nitrogens with one attached hydrogen (secondary N) is 2. The van der Waals surface area contributed by atoms with E-state index in [4.69, 9.17) is 0 Å². The van der Waals surface area contributed by atoms with Gasteiger partial charge in [0.25, 0.3) is 5.91 Å². The van der Waals surface area contributed by atoms with Crippen molar-refractivity contribution in [2.24, 2.45) is 0 Å². The fourth-order valence-electron chi connectivity index (χ4n) is 6.40. The molecule has 0 unspecified atom stereocenters.